The molecular formula is C59H40N2O. The molecule has 0 amide bonds. The lowest BCUT2D eigenvalue weighted by Gasteiger charge is -2.35. The van der Waals surface area contributed by atoms with E-state index in [-0.39, 0.29) is 17.5 Å². The molecule has 3 heteroatoms. The first-order valence-corrected chi connectivity index (χ1v) is 21.6. The maximum absolute atomic E-state index is 6.30. The monoisotopic (exact) mass is 792 g/mol. The summed E-state index contributed by atoms with van der Waals surface area (Å²) in [5.74, 6) is 0.250. The predicted octanol–water partition coefficient (Wildman–Crippen LogP) is 15.7. The molecule has 2 aromatic heterocycles. The molecule has 3 atom stereocenters. The molecule has 2 heterocycles. The normalized spacial score (nSPS) is 17.9. The third kappa shape index (κ3) is 5.31. The van der Waals surface area contributed by atoms with Crippen LogP contribution >= 0.6 is 0 Å². The highest BCUT2D eigenvalue weighted by molar-refractivity contribution is 6.09. The third-order valence-corrected chi connectivity index (χ3v) is 13.6. The van der Waals surface area contributed by atoms with Gasteiger partial charge in [0, 0.05) is 49.9 Å². The molecule has 3 nitrogen and oxygen atoms in total. The van der Waals surface area contributed by atoms with E-state index < -0.39 is 0 Å². The van der Waals surface area contributed by atoms with Crippen molar-refractivity contribution >= 4 is 65.9 Å². The van der Waals surface area contributed by atoms with Gasteiger partial charge in [0.1, 0.15) is 11.2 Å². The number of rotatable bonds is 7. The Kier molecular flexibility index (Phi) is 7.65. The van der Waals surface area contributed by atoms with Gasteiger partial charge in [-0.05, 0) is 111 Å². The summed E-state index contributed by atoms with van der Waals surface area (Å²) in [4.78, 5) is 2.60. The van der Waals surface area contributed by atoms with Gasteiger partial charge in [-0.3, -0.25) is 0 Å². The van der Waals surface area contributed by atoms with E-state index in [0.717, 1.165) is 44.4 Å². The van der Waals surface area contributed by atoms with Crippen LogP contribution in [0.15, 0.2) is 235 Å². The smallest absolute Gasteiger partial charge is 0.136 e. The zero-order valence-electron chi connectivity index (χ0n) is 33.9. The summed E-state index contributed by atoms with van der Waals surface area (Å²) in [5.41, 5.74) is 13.4. The van der Waals surface area contributed by atoms with E-state index >= 15 is 0 Å². The second kappa shape index (κ2) is 13.6. The summed E-state index contributed by atoms with van der Waals surface area (Å²) < 4.78 is 8.92. The van der Waals surface area contributed by atoms with Gasteiger partial charge in [0.05, 0.1) is 11.6 Å². The van der Waals surface area contributed by atoms with Crippen molar-refractivity contribution in [3.63, 3.8) is 0 Å². The van der Waals surface area contributed by atoms with Crippen LogP contribution in [0.3, 0.4) is 0 Å². The number of aromatic nitrogens is 1. The van der Waals surface area contributed by atoms with E-state index in [0.29, 0.717) is 0 Å². The number of furan rings is 1. The Morgan fingerprint density at radius 3 is 1.68 bits per heavy atom. The standard InChI is InChI=1S/C59H40N2O/c1-2-13-42-37-45(24-23-39(42)12-1)44-15-11-14-43(36-44)40-25-30-47(31-26-40)61(48-32-27-41(28-33-48)46-29-34-52-51-18-5-8-22-56(51)62-57(52)38-46)59-35-10-9-19-53(59)58(59)60-54-20-6-3-16-49(54)50-17-4-7-21-55(50)60/h1-38,53,58H. The van der Waals surface area contributed by atoms with Crippen LogP contribution in [0.5, 0.6) is 0 Å². The molecule has 1 saturated carbocycles. The van der Waals surface area contributed by atoms with Gasteiger partial charge in [-0.25, -0.2) is 0 Å². The van der Waals surface area contributed by atoms with Crippen molar-refractivity contribution in [1.82, 2.24) is 4.57 Å². The molecule has 0 radical (unpaired) electrons. The average Bonchev–Trinajstić information content (AvgIpc) is 3.66. The fourth-order valence-electron chi connectivity index (χ4n) is 10.6. The molecule has 0 bridgehead atoms. The Morgan fingerprint density at radius 1 is 0.403 bits per heavy atom. The minimum Gasteiger partial charge on any atom is -0.456 e. The SMILES string of the molecule is C1=CC2C(n3c4ccccc4c4ccccc43)C2(N(c2ccc(-c3cccc(-c4ccc5ccccc5c4)c3)cc2)c2ccc(-c3ccc4c(c3)oc3ccccc34)cc2)C=C1. The van der Waals surface area contributed by atoms with Crippen LogP contribution in [0.1, 0.15) is 6.04 Å². The number of fused-ring (bicyclic) bond motifs is 8. The van der Waals surface area contributed by atoms with Crippen molar-refractivity contribution in [3.8, 4) is 33.4 Å². The highest BCUT2D eigenvalue weighted by Gasteiger charge is 2.68. The molecule has 13 rings (SSSR count). The maximum Gasteiger partial charge on any atom is 0.136 e. The molecule has 9 aromatic carbocycles. The van der Waals surface area contributed by atoms with Gasteiger partial charge in [-0.1, -0.05) is 164 Å². The molecule has 0 saturated heterocycles. The Hall–Kier alpha value is -7.88. The van der Waals surface area contributed by atoms with E-state index in [4.69, 9.17) is 4.42 Å². The Balaban J connectivity index is 0.926. The van der Waals surface area contributed by atoms with Gasteiger partial charge in [0.25, 0.3) is 0 Å². The molecule has 3 unspecified atom stereocenters. The molecular weight excluding hydrogens is 753 g/mol. The van der Waals surface area contributed by atoms with E-state index in [1.54, 1.807) is 0 Å². The molecule has 0 aliphatic heterocycles. The van der Waals surface area contributed by atoms with Gasteiger partial charge in [0.2, 0.25) is 0 Å². The van der Waals surface area contributed by atoms with E-state index in [1.807, 2.05) is 12.1 Å². The lowest BCUT2D eigenvalue weighted by molar-refractivity contribution is 0.669. The van der Waals surface area contributed by atoms with Crippen molar-refractivity contribution in [2.75, 3.05) is 4.90 Å². The number of para-hydroxylation sites is 3. The highest BCUT2D eigenvalue weighted by Crippen LogP contribution is 2.65. The number of nitrogens with zero attached hydrogens (tertiary/aromatic N) is 2. The van der Waals surface area contributed by atoms with E-state index in [1.165, 1.54) is 54.8 Å². The van der Waals surface area contributed by atoms with Crippen LogP contribution in [0.2, 0.25) is 0 Å². The molecule has 62 heavy (non-hydrogen) atoms. The lowest BCUT2D eigenvalue weighted by atomic mass is 9.96. The topological polar surface area (TPSA) is 21.3 Å². The number of anilines is 2. The van der Waals surface area contributed by atoms with Crippen LogP contribution < -0.4 is 4.90 Å². The van der Waals surface area contributed by atoms with Crippen molar-refractivity contribution in [3.05, 3.63) is 231 Å². The number of benzene rings is 9. The minimum absolute atomic E-state index is 0.163. The van der Waals surface area contributed by atoms with Gasteiger partial charge >= 0.3 is 0 Å². The molecule has 1 fully saturated rings. The minimum atomic E-state index is -0.342. The third-order valence-electron chi connectivity index (χ3n) is 13.6. The number of hydrogen-bond donors (Lipinski definition) is 0. The second-order valence-corrected chi connectivity index (χ2v) is 16.9. The predicted molar refractivity (Wildman–Crippen MR) is 259 cm³/mol. The quantitative estimate of drug-likeness (QED) is 0.160. The first kappa shape index (κ1) is 34.9. The van der Waals surface area contributed by atoms with Crippen LogP contribution in [-0.4, -0.2) is 10.1 Å². The van der Waals surface area contributed by atoms with Crippen molar-refractivity contribution in [1.29, 1.82) is 0 Å². The first-order valence-electron chi connectivity index (χ1n) is 21.6. The zero-order chi connectivity index (χ0) is 40.8. The lowest BCUT2D eigenvalue weighted by Crippen LogP contribution is -2.36. The summed E-state index contributed by atoms with van der Waals surface area (Å²) in [7, 11) is 0. The van der Waals surface area contributed by atoms with Crippen molar-refractivity contribution < 1.29 is 4.42 Å². The van der Waals surface area contributed by atoms with Crippen LogP contribution in [0.4, 0.5) is 11.4 Å². The fourth-order valence-corrected chi connectivity index (χ4v) is 10.6. The van der Waals surface area contributed by atoms with Gasteiger partial charge in [-0.2, -0.15) is 0 Å². The van der Waals surface area contributed by atoms with Crippen LogP contribution in [0, 0.1) is 5.92 Å². The van der Waals surface area contributed by atoms with Gasteiger partial charge < -0.3 is 13.9 Å². The van der Waals surface area contributed by atoms with E-state index in [2.05, 4.69) is 228 Å². The van der Waals surface area contributed by atoms with Crippen molar-refractivity contribution in [2.24, 2.45) is 5.92 Å². The summed E-state index contributed by atoms with van der Waals surface area (Å²) in [5, 5.41) is 7.39. The molecule has 11 aromatic rings. The van der Waals surface area contributed by atoms with Gasteiger partial charge in [-0.15, -0.1) is 0 Å². The fraction of sp³-hybridized carbons (Fsp3) is 0.0508. The summed E-state index contributed by atoms with van der Waals surface area (Å²) >= 11 is 0. The second-order valence-electron chi connectivity index (χ2n) is 16.9. The van der Waals surface area contributed by atoms with Gasteiger partial charge in [0.15, 0.2) is 0 Å². The van der Waals surface area contributed by atoms with Crippen LogP contribution in [-0.2, 0) is 0 Å². The largest absolute Gasteiger partial charge is 0.456 e. The Morgan fingerprint density at radius 2 is 0.952 bits per heavy atom. The molecule has 292 valence electrons. The summed E-state index contributed by atoms with van der Waals surface area (Å²) in [6, 6.07) is 75.4. The van der Waals surface area contributed by atoms with Crippen LogP contribution in [0.25, 0.3) is 87.9 Å². The molecule has 0 N–H and O–H groups in total. The van der Waals surface area contributed by atoms with E-state index in [9.17, 15) is 0 Å². The number of allylic oxidation sites excluding steroid dienone is 2. The molecule has 2 aliphatic rings. The average molecular weight is 793 g/mol. The van der Waals surface area contributed by atoms with Crippen molar-refractivity contribution in [2.45, 2.75) is 11.6 Å². The summed E-state index contributed by atoms with van der Waals surface area (Å²) in [6.07, 6.45) is 9.36. The Bertz CT molecular complexity index is 3550. The highest BCUT2D eigenvalue weighted by atomic mass is 16.3. The maximum atomic E-state index is 6.30. The Labute approximate surface area is 359 Å². The summed E-state index contributed by atoms with van der Waals surface area (Å²) in [6.45, 7) is 0. The number of hydrogen-bond acceptors (Lipinski definition) is 2. The first-order chi connectivity index (χ1) is 30.7. The molecule has 0 spiro atoms. The zero-order valence-corrected chi connectivity index (χ0v) is 33.9. The molecule has 2 aliphatic carbocycles.